The summed E-state index contributed by atoms with van der Waals surface area (Å²) >= 11 is 1.75. The number of aliphatic hydroxyl groups is 1. The second kappa shape index (κ2) is 6.17. The molecular formula is C10H12F3NO3S. The summed E-state index contributed by atoms with van der Waals surface area (Å²) in [6.45, 7) is 2.25. The number of alkyl halides is 3. The zero-order valence-electron chi connectivity index (χ0n) is 9.25. The van der Waals surface area contributed by atoms with E-state index in [1.165, 1.54) is 10.4 Å². The Morgan fingerprint density at radius 3 is 2.56 bits per heavy atom. The first kappa shape index (κ1) is 14.9. The van der Waals surface area contributed by atoms with Gasteiger partial charge in [-0.05, 0) is 18.1 Å². The Bertz CT molecular complexity index is 393. The Morgan fingerprint density at radius 1 is 1.50 bits per heavy atom. The predicted octanol–water partition coefficient (Wildman–Crippen LogP) is 1.52. The van der Waals surface area contributed by atoms with Gasteiger partial charge in [-0.15, -0.1) is 11.3 Å². The molecule has 1 aromatic rings. The first-order chi connectivity index (χ1) is 8.34. The summed E-state index contributed by atoms with van der Waals surface area (Å²) in [5.74, 6) is -2.76. The van der Waals surface area contributed by atoms with Crippen molar-refractivity contribution in [2.24, 2.45) is 0 Å². The Kier molecular flexibility index (Phi) is 5.12. The third-order valence-corrected chi connectivity index (χ3v) is 3.41. The van der Waals surface area contributed by atoms with Crippen LogP contribution in [0.5, 0.6) is 0 Å². The molecule has 0 aromatic carbocycles. The summed E-state index contributed by atoms with van der Waals surface area (Å²) in [6, 6.07) is 2.10. The smallest absolute Gasteiger partial charge is 0.475 e. The van der Waals surface area contributed by atoms with Crippen molar-refractivity contribution in [3.8, 4) is 0 Å². The van der Waals surface area contributed by atoms with Crippen LogP contribution in [0.2, 0.25) is 0 Å². The van der Waals surface area contributed by atoms with Gasteiger partial charge in [-0.2, -0.15) is 13.2 Å². The van der Waals surface area contributed by atoms with Gasteiger partial charge in [-0.3, -0.25) is 0 Å². The van der Waals surface area contributed by atoms with Gasteiger partial charge in [-0.25, -0.2) is 4.79 Å². The quantitative estimate of drug-likeness (QED) is 0.731. The van der Waals surface area contributed by atoms with E-state index in [0.717, 1.165) is 24.4 Å². The van der Waals surface area contributed by atoms with Gasteiger partial charge in [0.2, 0.25) is 0 Å². The lowest BCUT2D eigenvalue weighted by molar-refractivity contribution is -0.192. The van der Waals surface area contributed by atoms with Gasteiger partial charge in [0.1, 0.15) is 0 Å². The van der Waals surface area contributed by atoms with E-state index in [1.54, 1.807) is 11.3 Å². The number of carboxylic acids is 1. The molecule has 0 saturated carbocycles. The number of fused-ring (bicyclic) bond motifs is 1. The third-order valence-electron chi connectivity index (χ3n) is 2.19. The molecule has 0 atom stereocenters. The molecule has 0 aliphatic carbocycles. The molecule has 0 saturated heterocycles. The van der Waals surface area contributed by atoms with Crippen molar-refractivity contribution >= 4 is 17.3 Å². The molecular weight excluding hydrogens is 271 g/mol. The molecule has 2 heterocycles. The van der Waals surface area contributed by atoms with Gasteiger partial charge < -0.3 is 15.5 Å². The van der Waals surface area contributed by atoms with E-state index < -0.39 is 12.1 Å². The van der Waals surface area contributed by atoms with Crippen molar-refractivity contribution in [2.75, 3.05) is 6.54 Å². The van der Waals surface area contributed by atoms with Crippen LogP contribution in [-0.2, 0) is 24.4 Å². The van der Waals surface area contributed by atoms with Crippen molar-refractivity contribution in [3.63, 3.8) is 0 Å². The van der Waals surface area contributed by atoms with Gasteiger partial charge in [0.25, 0.3) is 0 Å². The average molecular weight is 283 g/mol. The highest BCUT2D eigenvalue weighted by Gasteiger charge is 2.38. The molecule has 1 aliphatic rings. The lowest BCUT2D eigenvalue weighted by Crippen LogP contribution is -2.21. The van der Waals surface area contributed by atoms with Crippen LogP contribution in [0.4, 0.5) is 13.2 Å². The second-order valence-electron chi connectivity index (χ2n) is 3.55. The van der Waals surface area contributed by atoms with E-state index in [2.05, 4.69) is 11.4 Å². The summed E-state index contributed by atoms with van der Waals surface area (Å²) in [6.07, 6.45) is -3.96. The number of hydrogen-bond donors (Lipinski definition) is 3. The molecule has 0 bridgehead atoms. The molecule has 0 fully saturated rings. The van der Waals surface area contributed by atoms with Gasteiger partial charge >= 0.3 is 12.1 Å². The van der Waals surface area contributed by atoms with E-state index in [9.17, 15) is 13.2 Å². The maximum atomic E-state index is 10.6. The Balaban J connectivity index is 0.000000203. The van der Waals surface area contributed by atoms with Crippen LogP contribution >= 0.6 is 11.3 Å². The molecule has 102 valence electrons. The van der Waals surface area contributed by atoms with E-state index in [0.29, 0.717) is 0 Å². The first-order valence-corrected chi connectivity index (χ1v) is 5.88. The van der Waals surface area contributed by atoms with Crippen LogP contribution in [0.3, 0.4) is 0 Å². The number of aliphatic hydroxyl groups excluding tert-OH is 1. The Morgan fingerprint density at radius 2 is 2.11 bits per heavy atom. The number of thiophene rings is 1. The molecule has 18 heavy (non-hydrogen) atoms. The molecule has 0 amide bonds. The van der Waals surface area contributed by atoms with Crippen LogP contribution in [0, 0.1) is 0 Å². The lowest BCUT2D eigenvalue weighted by atomic mass is 10.1. The van der Waals surface area contributed by atoms with Crippen molar-refractivity contribution in [2.45, 2.75) is 25.7 Å². The highest BCUT2D eigenvalue weighted by atomic mass is 32.1. The van der Waals surface area contributed by atoms with Crippen LogP contribution in [0.25, 0.3) is 0 Å². The zero-order chi connectivity index (χ0) is 13.8. The molecule has 8 heteroatoms. The lowest BCUT2D eigenvalue weighted by Gasteiger charge is -2.10. The van der Waals surface area contributed by atoms with Crippen molar-refractivity contribution < 1.29 is 28.2 Å². The molecule has 0 unspecified atom stereocenters. The predicted molar refractivity (Wildman–Crippen MR) is 59.3 cm³/mol. The largest absolute Gasteiger partial charge is 0.490 e. The third kappa shape index (κ3) is 4.28. The standard InChI is InChI=1S/C8H11NOS.C2HF3O2/c10-5-7-3-6-4-9-2-1-8(6)11-7;3-2(4,5)1(6)7/h3,9-10H,1-2,4-5H2;(H,6,7). The number of hydrogen-bond acceptors (Lipinski definition) is 4. The van der Waals surface area contributed by atoms with Crippen LogP contribution in [0.1, 0.15) is 15.3 Å². The highest BCUT2D eigenvalue weighted by molar-refractivity contribution is 7.12. The fraction of sp³-hybridized carbons (Fsp3) is 0.500. The van der Waals surface area contributed by atoms with Crippen LogP contribution in [-0.4, -0.2) is 28.9 Å². The number of aliphatic carboxylic acids is 1. The number of rotatable bonds is 1. The van der Waals surface area contributed by atoms with Crippen molar-refractivity contribution in [1.82, 2.24) is 5.32 Å². The van der Waals surface area contributed by atoms with Gasteiger partial charge in [0, 0.05) is 22.8 Å². The van der Waals surface area contributed by atoms with Gasteiger partial charge in [0.05, 0.1) is 6.61 Å². The minimum absolute atomic E-state index is 0.192. The number of carbonyl (C=O) groups is 1. The van der Waals surface area contributed by atoms with E-state index in [1.807, 2.05) is 0 Å². The molecule has 0 spiro atoms. The zero-order valence-corrected chi connectivity index (χ0v) is 10.1. The monoisotopic (exact) mass is 283 g/mol. The van der Waals surface area contributed by atoms with E-state index in [-0.39, 0.29) is 6.61 Å². The topological polar surface area (TPSA) is 69.6 Å². The Hall–Kier alpha value is -1.12. The van der Waals surface area contributed by atoms with Gasteiger partial charge in [-0.1, -0.05) is 0 Å². The van der Waals surface area contributed by atoms with E-state index >= 15 is 0 Å². The minimum atomic E-state index is -5.08. The van der Waals surface area contributed by atoms with Gasteiger partial charge in [0.15, 0.2) is 0 Å². The van der Waals surface area contributed by atoms with Crippen LogP contribution < -0.4 is 5.32 Å². The SMILES string of the molecule is O=C(O)C(F)(F)F.OCc1cc2c(s1)CCNC2. The number of halogens is 3. The summed E-state index contributed by atoms with van der Waals surface area (Å²) < 4.78 is 31.7. The number of carboxylic acid groups (broad SMARTS) is 1. The highest BCUT2D eigenvalue weighted by Crippen LogP contribution is 2.24. The normalized spacial score (nSPS) is 14.4. The second-order valence-corrected chi connectivity index (χ2v) is 4.77. The molecule has 2 rings (SSSR count). The molecule has 3 N–H and O–H groups in total. The first-order valence-electron chi connectivity index (χ1n) is 5.06. The maximum absolute atomic E-state index is 10.6. The fourth-order valence-corrected chi connectivity index (χ4v) is 2.44. The maximum Gasteiger partial charge on any atom is 0.490 e. The number of nitrogens with one attached hydrogen (secondary N) is 1. The minimum Gasteiger partial charge on any atom is -0.475 e. The molecule has 4 nitrogen and oxygen atoms in total. The average Bonchev–Trinajstić information content (AvgIpc) is 2.71. The molecule has 1 aromatic heterocycles. The fourth-order valence-electron chi connectivity index (χ4n) is 1.39. The summed E-state index contributed by atoms with van der Waals surface area (Å²) in [5.41, 5.74) is 1.38. The Labute approximate surface area is 105 Å². The van der Waals surface area contributed by atoms with Crippen molar-refractivity contribution in [1.29, 1.82) is 0 Å². The summed E-state index contributed by atoms with van der Waals surface area (Å²) in [4.78, 5) is 11.4. The van der Waals surface area contributed by atoms with Crippen molar-refractivity contribution in [3.05, 3.63) is 21.4 Å². The van der Waals surface area contributed by atoms with E-state index in [4.69, 9.17) is 15.0 Å². The molecule has 1 aliphatic heterocycles. The van der Waals surface area contributed by atoms with Crippen LogP contribution in [0.15, 0.2) is 6.07 Å². The summed E-state index contributed by atoms with van der Waals surface area (Å²) in [7, 11) is 0. The summed E-state index contributed by atoms with van der Waals surface area (Å²) in [5, 5.41) is 19.3. The molecule has 0 radical (unpaired) electrons.